The SMILES string of the molecule is COc1cc(N2CCCC2C(N)CO)ccc1N. The van der Waals surface area contributed by atoms with Crippen molar-refractivity contribution in [2.24, 2.45) is 5.73 Å². The molecular weight excluding hydrogens is 230 g/mol. The average molecular weight is 251 g/mol. The highest BCUT2D eigenvalue weighted by molar-refractivity contribution is 5.63. The number of nitrogens with zero attached hydrogens (tertiary/aromatic N) is 1. The topological polar surface area (TPSA) is 84.7 Å². The number of rotatable bonds is 4. The van der Waals surface area contributed by atoms with E-state index in [1.54, 1.807) is 7.11 Å². The third-order valence-electron chi connectivity index (χ3n) is 3.55. The number of aliphatic hydroxyl groups excluding tert-OH is 1. The minimum Gasteiger partial charge on any atom is -0.495 e. The molecule has 18 heavy (non-hydrogen) atoms. The number of hydrogen-bond donors (Lipinski definition) is 3. The van der Waals surface area contributed by atoms with Crippen LogP contribution in [0.5, 0.6) is 5.75 Å². The molecule has 0 radical (unpaired) electrons. The minimum absolute atomic E-state index is 0.00722. The van der Waals surface area contributed by atoms with Crippen molar-refractivity contribution >= 4 is 11.4 Å². The van der Waals surface area contributed by atoms with Crippen LogP contribution in [0.1, 0.15) is 12.8 Å². The predicted molar refractivity (Wildman–Crippen MR) is 72.8 cm³/mol. The molecule has 5 heteroatoms. The largest absolute Gasteiger partial charge is 0.495 e. The van der Waals surface area contributed by atoms with Crippen molar-refractivity contribution in [2.75, 3.05) is 30.9 Å². The molecule has 0 aliphatic carbocycles. The van der Waals surface area contributed by atoms with Gasteiger partial charge in [0.05, 0.1) is 19.4 Å². The Morgan fingerprint density at radius 1 is 1.56 bits per heavy atom. The molecule has 1 saturated heterocycles. The van der Waals surface area contributed by atoms with Gasteiger partial charge in [-0.05, 0) is 25.0 Å². The molecule has 100 valence electrons. The van der Waals surface area contributed by atoms with E-state index in [9.17, 15) is 5.11 Å². The molecule has 1 aliphatic heterocycles. The Morgan fingerprint density at radius 2 is 2.33 bits per heavy atom. The van der Waals surface area contributed by atoms with Gasteiger partial charge in [0.2, 0.25) is 0 Å². The molecule has 0 saturated carbocycles. The summed E-state index contributed by atoms with van der Waals surface area (Å²) in [6, 6.07) is 5.71. The highest BCUT2D eigenvalue weighted by atomic mass is 16.5. The first-order chi connectivity index (χ1) is 8.67. The fourth-order valence-corrected chi connectivity index (χ4v) is 2.56. The van der Waals surface area contributed by atoms with E-state index in [0.29, 0.717) is 11.4 Å². The summed E-state index contributed by atoms with van der Waals surface area (Å²) in [5.74, 6) is 0.677. The highest BCUT2D eigenvalue weighted by Crippen LogP contribution is 2.32. The van der Waals surface area contributed by atoms with Crippen molar-refractivity contribution < 1.29 is 9.84 Å². The van der Waals surface area contributed by atoms with Gasteiger partial charge in [-0.1, -0.05) is 0 Å². The quantitative estimate of drug-likeness (QED) is 0.681. The van der Waals surface area contributed by atoms with Gasteiger partial charge in [-0.3, -0.25) is 0 Å². The monoisotopic (exact) mass is 251 g/mol. The van der Waals surface area contributed by atoms with Crippen molar-refractivity contribution in [3.05, 3.63) is 18.2 Å². The first-order valence-corrected chi connectivity index (χ1v) is 6.24. The second-order valence-electron chi connectivity index (χ2n) is 4.68. The fraction of sp³-hybridized carbons (Fsp3) is 0.538. The molecule has 2 rings (SSSR count). The molecule has 0 spiro atoms. The summed E-state index contributed by atoms with van der Waals surface area (Å²) in [5, 5.41) is 9.21. The number of anilines is 2. The first kappa shape index (κ1) is 13.0. The van der Waals surface area contributed by atoms with Crippen LogP contribution >= 0.6 is 0 Å². The zero-order chi connectivity index (χ0) is 13.1. The second kappa shape index (κ2) is 5.46. The Morgan fingerprint density at radius 3 is 3.00 bits per heavy atom. The molecule has 0 bridgehead atoms. The molecule has 0 aromatic heterocycles. The van der Waals surface area contributed by atoms with Crippen LogP contribution in [-0.2, 0) is 0 Å². The lowest BCUT2D eigenvalue weighted by Gasteiger charge is -2.30. The van der Waals surface area contributed by atoms with Crippen molar-refractivity contribution in [2.45, 2.75) is 24.9 Å². The van der Waals surface area contributed by atoms with Crippen LogP contribution in [0.2, 0.25) is 0 Å². The van der Waals surface area contributed by atoms with Crippen molar-refractivity contribution in [1.82, 2.24) is 0 Å². The summed E-state index contributed by atoms with van der Waals surface area (Å²) in [4.78, 5) is 2.23. The highest BCUT2D eigenvalue weighted by Gasteiger charge is 2.29. The number of nitrogen functional groups attached to an aromatic ring is 1. The fourth-order valence-electron chi connectivity index (χ4n) is 2.56. The van der Waals surface area contributed by atoms with Crippen LogP contribution in [0, 0.1) is 0 Å². The smallest absolute Gasteiger partial charge is 0.143 e. The lowest BCUT2D eigenvalue weighted by Crippen LogP contribution is -2.46. The van der Waals surface area contributed by atoms with Gasteiger partial charge in [0, 0.05) is 30.4 Å². The summed E-state index contributed by atoms with van der Waals surface area (Å²) in [6.45, 7) is 0.957. The Labute approximate surface area is 107 Å². The Hall–Kier alpha value is -1.46. The molecule has 1 heterocycles. The molecule has 2 atom stereocenters. The van der Waals surface area contributed by atoms with Gasteiger partial charge in [-0.2, -0.15) is 0 Å². The number of benzene rings is 1. The lowest BCUT2D eigenvalue weighted by atomic mass is 10.1. The molecule has 1 aromatic carbocycles. The lowest BCUT2D eigenvalue weighted by molar-refractivity contribution is 0.249. The maximum atomic E-state index is 9.21. The third kappa shape index (κ3) is 2.37. The number of hydrogen-bond acceptors (Lipinski definition) is 5. The van der Waals surface area contributed by atoms with E-state index in [-0.39, 0.29) is 18.7 Å². The summed E-state index contributed by atoms with van der Waals surface area (Å²) in [7, 11) is 1.61. The molecule has 1 fully saturated rings. The van der Waals surface area contributed by atoms with Crippen LogP contribution in [-0.4, -0.2) is 37.5 Å². The minimum atomic E-state index is -0.212. The maximum Gasteiger partial charge on any atom is 0.143 e. The molecule has 0 amide bonds. The van der Waals surface area contributed by atoms with E-state index in [1.165, 1.54) is 0 Å². The Kier molecular flexibility index (Phi) is 3.93. The number of nitrogens with two attached hydrogens (primary N) is 2. The Balaban J connectivity index is 2.24. The van der Waals surface area contributed by atoms with Gasteiger partial charge in [0.15, 0.2) is 0 Å². The van der Waals surface area contributed by atoms with E-state index in [1.807, 2.05) is 18.2 Å². The van der Waals surface area contributed by atoms with Crippen LogP contribution in [0.3, 0.4) is 0 Å². The van der Waals surface area contributed by atoms with E-state index >= 15 is 0 Å². The maximum absolute atomic E-state index is 9.21. The first-order valence-electron chi connectivity index (χ1n) is 6.24. The van der Waals surface area contributed by atoms with Crippen molar-refractivity contribution in [3.63, 3.8) is 0 Å². The van der Waals surface area contributed by atoms with Crippen LogP contribution in [0.25, 0.3) is 0 Å². The third-order valence-corrected chi connectivity index (χ3v) is 3.55. The summed E-state index contributed by atoms with van der Waals surface area (Å²) in [5.41, 5.74) is 13.4. The van der Waals surface area contributed by atoms with Crippen LogP contribution in [0.15, 0.2) is 18.2 Å². The summed E-state index contributed by atoms with van der Waals surface area (Å²) >= 11 is 0. The molecular formula is C13H21N3O2. The second-order valence-corrected chi connectivity index (χ2v) is 4.68. The normalized spacial score (nSPS) is 21.1. The average Bonchev–Trinajstić information content (AvgIpc) is 2.87. The zero-order valence-electron chi connectivity index (χ0n) is 10.7. The van der Waals surface area contributed by atoms with Gasteiger partial charge in [0.25, 0.3) is 0 Å². The molecule has 5 nitrogen and oxygen atoms in total. The van der Waals surface area contributed by atoms with Gasteiger partial charge in [0.1, 0.15) is 5.75 Å². The number of aliphatic hydroxyl groups is 1. The van der Waals surface area contributed by atoms with E-state index < -0.39 is 0 Å². The van der Waals surface area contributed by atoms with E-state index in [0.717, 1.165) is 25.1 Å². The zero-order valence-corrected chi connectivity index (χ0v) is 10.7. The van der Waals surface area contributed by atoms with Gasteiger partial charge in [-0.15, -0.1) is 0 Å². The molecule has 1 aliphatic rings. The molecule has 5 N–H and O–H groups in total. The molecule has 1 aromatic rings. The van der Waals surface area contributed by atoms with Crippen LogP contribution in [0.4, 0.5) is 11.4 Å². The van der Waals surface area contributed by atoms with Crippen molar-refractivity contribution in [3.8, 4) is 5.75 Å². The molecule has 2 unspecified atom stereocenters. The number of ether oxygens (including phenoxy) is 1. The van der Waals surface area contributed by atoms with E-state index in [2.05, 4.69) is 4.90 Å². The van der Waals surface area contributed by atoms with Gasteiger partial charge < -0.3 is 26.2 Å². The van der Waals surface area contributed by atoms with E-state index in [4.69, 9.17) is 16.2 Å². The van der Waals surface area contributed by atoms with Gasteiger partial charge >= 0.3 is 0 Å². The predicted octanol–water partition coefficient (Wildman–Crippen LogP) is 0.566. The standard InChI is InChI=1S/C13H21N3O2/c1-18-13-7-9(4-5-10(13)14)16-6-2-3-12(16)11(15)8-17/h4-5,7,11-12,17H,2-3,6,8,14-15H2,1H3. The van der Waals surface area contributed by atoms with Crippen LogP contribution < -0.4 is 21.1 Å². The number of methoxy groups -OCH3 is 1. The summed E-state index contributed by atoms with van der Waals surface area (Å²) < 4.78 is 5.23. The summed E-state index contributed by atoms with van der Waals surface area (Å²) in [6.07, 6.45) is 2.10. The van der Waals surface area contributed by atoms with Crippen molar-refractivity contribution in [1.29, 1.82) is 0 Å². The Bertz CT molecular complexity index is 411. The van der Waals surface area contributed by atoms with Gasteiger partial charge in [-0.25, -0.2) is 0 Å².